The van der Waals surface area contributed by atoms with Crippen molar-refractivity contribution in [2.24, 2.45) is 5.92 Å². The predicted octanol–water partition coefficient (Wildman–Crippen LogP) is 5.94. The van der Waals surface area contributed by atoms with E-state index in [9.17, 15) is 14.4 Å². The number of benzene rings is 4. The van der Waals surface area contributed by atoms with Gasteiger partial charge in [0.05, 0.1) is 5.92 Å². The molecule has 5 nitrogen and oxygen atoms in total. The highest BCUT2D eigenvalue weighted by atomic mass is 35.5. The van der Waals surface area contributed by atoms with Crippen LogP contribution < -0.4 is 5.32 Å². The van der Waals surface area contributed by atoms with Crippen LogP contribution in [0.2, 0.25) is 0 Å². The third kappa shape index (κ3) is 3.65. The van der Waals surface area contributed by atoms with E-state index in [1.807, 2.05) is 84.9 Å². The van der Waals surface area contributed by atoms with Crippen LogP contribution in [0.4, 0.5) is 5.69 Å². The Labute approximate surface area is 226 Å². The number of likely N-dealkylation sites (tertiary alicyclic amines) is 1. The number of alkyl halides is 1. The summed E-state index contributed by atoms with van der Waals surface area (Å²) in [6.07, 6.45) is 0. The Morgan fingerprint density at radius 2 is 1.39 bits per heavy atom. The minimum atomic E-state index is -1.55. The Balaban J connectivity index is 1.58. The highest BCUT2D eigenvalue weighted by Crippen LogP contribution is 2.57. The molecule has 6 rings (SSSR count). The SMILES string of the molecule is O=C(c1ccccc1)C1C(c2ccccc2)CN(C(=O)C(Cl)c2ccccc2)C12C(=O)Nc1ccccc12. The summed E-state index contributed by atoms with van der Waals surface area (Å²) < 4.78 is 0. The molecule has 0 saturated carbocycles. The van der Waals surface area contributed by atoms with E-state index in [1.54, 1.807) is 35.2 Å². The van der Waals surface area contributed by atoms with Crippen LogP contribution in [0.5, 0.6) is 0 Å². The van der Waals surface area contributed by atoms with Gasteiger partial charge in [0, 0.05) is 29.3 Å². The number of nitrogens with one attached hydrogen (secondary N) is 1. The zero-order valence-electron chi connectivity index (χ0n) is 20.5. The van der Waals surface area contributed by atoms with Gasteiger partial charge < -0.3 is 10.2 Å². The van der Waals surface area contributed by atoms with Crippen LogP contribution in [0.15, 0.2) is 115 Å². The molecule has 2 aliphatic rings. The van der Waals surface area contributed by atoms with Gasteiger partial charge >= 0.3 is 0 Å². The molecule has 4 unspecified atom stereocenters. The summed E-state index contributed by atoms with van der Waals surface area (Å²) in [5, 5.41) is 1.96. The first kappa shape index (κ1) is 24.1. The summed E-state index contributed by atoms with van der Waals surface area (Å²) in [5.74, 6) is -2.28. The van der Waals surface area contributed by atoms with E-state index in [0.717, 1.165) is 5.56 Å². The molecule has 4 aromatic rings. The molecule has 1 fully saturated rings. The van der Waals surface area contributed by atoms with E-state index < -0.39 is 34.6 Å². The summed E-state index contributed by atoms with van der Waals surface area (Å²) in [4.78, 5) is 44.4. The van der Waals surface area contributed by atoms with Crippen molar-refractivity contribution < 1.29 is 14.4 Å². The number of para-hydroxylation sites is 1. The molecule has 6 heteroatoms. The van der Waals surface area contributed by atoms with Crippen LogP contribution in [0.25, 0.3) is 0 Å². The molecule has 1 spiro atoms. The molecule has 38 heavy (non-hydrogen) atoms. The zero-order valence-corrected chi connectivity index (χ0v) is 21.2. The molecular weight excluding hydrogens is 496 g/mol. The first-order chi connectivity index (χ1) is 18.5. The topological polar surface area (TPSA) is 66.5 Å². The standard InChI is InChI=1S/C32H25ClN2O3/c33-28(22-14-6-2-7-15-22)30(37)35-20-24(21-12-4-1-5-13-21)27(29(36)23-16-8-3-9-17-23)32(35)25-18-10-11-19-26(25)34-31(32)38/h1-19,24,27-28H,20H2,(H,34,38). The van der Waals surface area contributed by atoms with Crippen molar-refractivity contribution in [2.45, 2.75) is 16.8 Å². The second-order valence-electron chi connectivity index (χ2n) is 9.71. The molecule has 188 valence electrons. The van der Waals surface area contributed by atoms with Crippen molar-refractivity contribution >= 4 is 34.9 Å². The predicted molar refractivity (Wildman–Crippen MR) is 147 cm³/mol. The third-order valence-corrected chi connectivity index (χ3v) is 8.17. The monoisotopic (exact) mass is 520 g/mol. The molecule has 1 N–H and O–H groups in total. The van der Waals surface area contributed by atoms with Gasteiger partial charge in [-0.3, -0.25) is 14.4 Å². The Kier molecular flexibility index (Phi) is 6.09. The fourth-order valence-corrected chi connectivity index (χ4v) is 6.33. The lowest BCUT2D eigenvalue weighted by Crippen LogP contribution is -2.55. The van der Waals surface area contributed by atoms with Gasteiger partial charge in [-0.25, -0.2) is 0 Å². The van der Waals surface area contributed by atoms with E-state index in [1.165, 1.54) is 0 Å². The lowest BCUT2D eigenvalue weighted by Gasteiger charge is -2.38. The van der Waals surface area contributed by atoms with Gasteiger partial charge in [0.15, 0.2) is 11.3 Å². The summed E-state index contributed by atoms with van der Waals surface area (Å²) in [6, 6.07) is 35.0. The lowest BCUT2D eigenvalue weighted by atomic mass is 9.70. The number of amides is 2. The highest BCUT2D eigenvalue weighted by molar-refractivity contribution is 6.31. The number of hydrogen-bond acceptors (Lipinski definition) is 3. The number of nitrogens with zero attached hydrogens (tertiary/aromatic N) is 1. The molecule has 1 saturated heterocycles. The Morgan fingerprint density at radius 3 is 2.08 bits per heavy atom. The van der Waals surface area contributed by atoms with Gasteiger partial charge in [0.2, 0.25) is 5.91 Å². The molecule has 2 heterocycles. The van der Waals surface area contributed by atoms with Gasteiger partial charge in [-0.15, -0.1) is 11.6 Å². The second kappa shape index (κ2) is 9.58. The average molecular weight is 521 g/mol. The van der Waals surface area contributed by atoms with Crippen molar-refractivity contribution in [3.63, 3.8) is 0 Å². The van der Waals surface area contributed by atoms with E-state index in [-0.39, 0.29) is 12.3 Å². The Bertz CT molecular complexity index is 1510. The first-order valence-electron chi connectivity index (χ1n) is 12.6. The number of carbonyl (C=O) groups is 3. The van der Waals surface area contributed by atoms with Crippen molar-refractivity contribution in [2.75, 3.05) is 11.9 Å². The van der Waals surface area contributed by atoms with Crippen molar-refractivity contribution in [1.29, 1.82) is 0 Å². The Morgan fingerprint density at radius 1 is 0.816 bits per heavy atom. The van der Waals surface area contributed by atoms with Crippen LogP contribution in [-0.4, -0.2) is 29.0 Å². The molecule has 2 aliphatic heterocycles. The maximum absolute atomic E-state index is 14.4. The van der Waals surface area contributed by atoms with Gasteiger partial charge in [0.25, 0.3) is 5.91 Å². The quantitative estimate of drug-likeness (QED) is 0.261. The number of rotatable bonds is 5. The van der Waals surface area contributed by atoms with Crippen LogP contribution >= 0.6 is 11.6 Å². The minimum Gasteiger partial charge on any atom is -0.323 e. The fraction of sp³-hybridized carbons (Fsp3) is 0.156. The maximum atomic E-state index is 14.4. The normalized spacial score (nSPS) is 22.7. The van der Waals surface area contributed by atoms with Gasteiger partial charge in [-0.1, -0.05) is 109 Å². The largest absolute Gasteiger partial charge is 0.323 e. The van der Waals surface area contributed by atoms with Crippen LogP contribution in [0.3, 0.4) is 0 Å². The minimum absolute atomic E-state index is 0.171. The molecule has 4 aromatic carbocycles. The fourth-order valence-electron chi connectivity index (χ4n) is 6.06. The molecular formula is C32H25ClN2O3. The third-order valence-electron chi connectivity index (χ3n) is 7.73. The molecule has 0 bridgehead atoms. The molecule has 2 amide bonds. The van der Waals surface area contributed by atoms with Crippen molar-refractivity contribution in [1.82, 2.24) is 4.90 Å². The van der Waals surface area contributed by atoms with E-state index >= 15 is 0 Å². The number of Topliss-reactive ketones (excluding diaryl/α,β-unsaturated/α-hetero) is 1. The lowest BCUT2D eigenvalue weighted by molar-refractivity contribution is -0.143. The van der Waals surface area contributed by atoms with E-state index in [2.05, 4.69) is 5.32 Å². The molecule has 0 aromatic heterocycles. The second-order valence-corrected chi connectivity index (χ2v) is 10.1. The zero-order chi connectivity index (χ0) is 26.3. The number of halogens is 1. The number of anilines is 1. The highest BCUT2D eigenvalue weighted by Gasteiger charge is 2.67. The van der Waals surface area contributed by atoms with E-state index in [0.29, 0.717) is 22.4 Å². The number of ketones is 1. The van der Waals surface area contributed by atoms with Gasteiger partial charge in [-0.2, -0.15) is 0 Å². The maximum Gasteiger partial charge on any atom is 0.255 e. The number of carbonyl (C=O) groups excluding carboxylic acids is 3. The Hall–Kier alpha value is -4.22. The number of fused-ring (bicyclic) bond motifs is 2. The summed E-state index contributed by atoms with van der Waals surface area (Å²) in [6.45, 7) is 0.171. The van der Waals surface area contributed by atoms with Crippen molar-refractivity contribution in [3.05, 3.63) is 138 Å². The van der Waals surface area contributed by atoms with E-state index in [4.69, 9.17) is 11.6 Å². The van der Waals surface area contributed by atoms with Gasteiger partial charge in [-0.05, 0) is 17.2 Å². The summed E-state index contributed by atoms with van der Waals surface area (Å²) in [7, 11) is 0. The van der Waals surface area contributed by atoms with Crippen LogP contribution in [0.1, 0.15) is 38.3 Å². The molecule has 0 aliphatic carbocycles. The van der Waals surface area contributed by atoms with Crippen LogP contribution in [0, 0.1) is 5.92 Å². The smallest absolute Gasteiger partial charge is 0.255 e. The summed E-state index contributed by atoms with van der Waals surface area (Å²) >= 11 is 6.80. The molecule has 4 atom stereocenters. The van der Waals surface area contributed by atoms with Gasteiger partial charge in [0.1, 0.15) is 5.38 Å². The van der Waals surface area contributed by atoms with Crippen LogP contribution in [-0.2, 0) is 15.1 Å². The van der Waals surface area contributed by atoms with Crippen molar-refractivity contribution in [3.8, 4) is 0 Å². The number of hydrogen-bond donors (Lipinski definition) is 1. The first-order valence-corrected chi connectivity index (χ1v) is 13.0. The molecule has 0 radical (unpaired) electrons. The average Bonchev–Trinajstić information content (AvgIpc) is 3.49. The summed E-state index contributed by atoms with van der Waals surface area (Å²) in [5.41, 5.74) is 1.68.